The van der Waals surface area contributed by atoms with Gasteiger partial charge in [-0.2, -0.15) is 0 Å². The number of carboxylic acids is 1. The second-order valence-corrected chi connectivity index (χ2v) is 8.39. The lowest BCUT2D eigenvalue weighted by molar-refractivity contribution is -0.121. The van der Waals surface area contributed by atoms with Crippen molar-refractivity contribution in [1.82, 2.24) is 0 Å². The third kappa shape index (κ3) is 6.02. The minimum Gasteiger partial charge on any atom is -0.478 e. The van der Waals surface area contributed by atoms with E-state index in [9.17, 15) is 23.9 Å². The molecule has 3 rings (SSSR count). The van der Waals surface area contributed by atoms with E-state index in [-0.39, 0.29) is 48.0 Å². The van der Waals surface area contributed by atoms with Crippen molar-refractivity contribution in [1.29, 1.82) is 0 Å². The molecule has 0 fully saturated rings. The molecule has 2 aromatic rings. The lowest BCUT2D eigenvalue weighted by Crippen LogP contribution is -2.20. The zero-order valence-electron chi connectivity index (χ0n) is 18.8. The highest BCUT2D eigenvalue weighted by Gasteiger charge is 2.25. The summed E-state index contributed by atoms with van der Waals surface area (Å²) in [6, 6.07) is 7.80. The number of hydrogen-bond donors (Lipinski definition) is 2. The third-order valence-electron chi connectivity index (χ3n) is 6.12. The molecule has 0 radical (unpaired) electrons. The molecule has 0 spiro atoms. The van der Waals surface area contributed by atoms with Crippen molar-refractivity contribution in [2.45, 2.75) is 58.3 Å². The number of fused-ring (bicyclic) bond motifs is 1. The zero-order valence-corrected chi connectivity index (χ0v) is 18.8. The Bertz CT molecular complexity index is 1100. The highest BCUT2D eigenvalue weighted by molar-refractivity contribution is 6.25. The highest BCUT2D eigenvalue weighted by atomic mass is 19.1. The Morgan fingerprint density at radius 1 is 1.00 bits per heavy atom. The molecule has 5 nitrogen and oxygen atoms in total. The van der Waals surface area contributed by atoms with Gasteiger partial charge in [0.25, 0.3) is 0 Å². The fourth-order valence-corrected chi connectivity index (χ4v) is 4.34. The molecule has 0 aliphatic heterocycles. The number of aryl methyl sites for hydroxylation is 3. The van der Waals surface area contributed by atoms with E-state index in [2.05, 4.69) is 0 Å². The van der Waals surface area contributed by atoms with Crippen molar-refractivity contribution in [3.8, 4) is 0 Å². The number of aliphatic hydroxyl groups excluding tert-OH is 1. The average molecular weight is 453 g/mol. The largest absolute Gasteiger partial charge is 0.478 e. The first-order valence-electron chi connectivity index (χ1n) is 11.4. The molecule has 6 heteroatoms. The number of carbonyl (C=O) groups is 3. The molecule has 0 aromatic heterocycles. The molecule has 0 saturated carbocycles. The van der Waals surface area contributed by atoms with Crippen LogP contribution in [0.15, 0.2) is 35.9 Å². The molecule has 33 heavy (non-hydrogen) atoms. The standard InChI is InChI=1S/C27H29FO5/c1-2-17-13-22(28)14-21-15-24(26(31)16-23(17)21)25(30)8-5-7-18-9-10-20(27(32)33)12-19(18)6-3-4-11-29/h9-10,12-15,29H,2-8,11,16H2,1H3,(H,32,33). The van der Waals surface area contributed by atoms with E-state index in [0.717, 1.165) is 28.7 Å². The van der Waals surface area contributed by atoms with Crippen molar-refractivity contribution < 1.29 is 29.0 Å². The number of rotatable bonds is 11. The first-order valence-corrected chi connectivity index (χ1v) is 11.4. The number of benzene rings is 2. The van der Waals surface area contributed by atoms with Crippen LogP contribution in [0.3, 0.4) is 0 Å². The van der Waals surface area contributed by atoms with Gasteiger partial charge in [0.1, 0.15) is 5.82 Å². The molecule has 174 valence electrons. The van der Waals surface area contributed by atoms with E-state index in [4.69, 9.17) is 5.11 Å². The van der Waals surface area contributed by atoms with Crippen molar-refractivity contribution in [3.05, 3.63) is 75.1 Å². The summed E-state index contributed by atoms with van der Waals surface area (Å²) >= 11 is 0. The summed E-state index contributed by atoms with van der Waals surface area (Å²) in [4.78, 5) is 36.7. The Labute approximate surface area is 193 Å². The number of ketones is 2. The van der Waals surface area contributed by atoms with Crippen LogP contribution in [0.2, 0.25) is 0 Å². The van der Waals surface area contributed by atoms with Crippen LogP contribution in [-0.2, 0) is 35.3 Å². The minimum atomic E-state index is -0.995. The first kappa shape index (κ1) is 24.5. The van der Waals surface area contributed by atoms with E-state index in [0.29, 0.717) is 37.7 Å². The molecule has 0 bridgehead atoms. The van der Waals surface area contributed by atoms with Crippen LogP contribution in [0.5, 0.6) is 0 Å². The van der Waals surface area contributed by atoms with Gasteiger partial charge >= 0.3 is 5.97 Å². The third-order valence-corrected chi connectivity index (χ3v) is 6.12. The summed E-state index contributed by atoms with van der Waals surface area (Å²) in [6.45, 7) is 1.99. The maximum absolute atomic E-state index is 13.9. The SMILES string of the molecule is CCc1cc(F)cc2c1CC(=O)C(C(=O)CCCc1ccc(C(=O)O)cc1CCCCO)=C2. The predicted octanol–water partition coefficient (Wildman–Crippen LogP) is 4.50. The summed E-state index contributed by atoms with van der Waals surface area (Å²) in [5, 5.41) is 18.3. The Hall–Kier alpha value is -3.12. The van der Waals surface area contributed by atoms with Gasteiger partial charge in [-0.3, -0.25) is 9.59 Å². The summed E-state index contributed by atoms with van der Waals surface area (Å²) in [5.41, 5.74) is 4.40. The number of halogens is 1. The van der Waals surface area contributed by atoms with E-state index in [1.807, 2.05) is 6.92 Å². The van der Waals surface area contributed by atoms with Crippen molar-refractivity contribution >= 4 is 23.6 Å². The molecule has 2 N–H and O–H groups in total. The highest BCUT2D eigenvalue weighted by Crippen LogP contribution is 2.28. The zero-order chi connectivity index (χ0) is 24.0. The number of carboxylic acid groups (broad SMARTS) is 1. The molecule has 0 atom stereocenters. The van der Waals surface area contributed by atoms with Gasteiger partial charge in [-0.15, -0.1) is 0 Å². The van der Waals surface area contributed by atoms with Crippen LogP contribution < -0.4 is 0 Å². The normalized spacial score (nSPS) is 12.9. The second kappa shape index (κ2) is 11.1. The number of Topliss-reactive ketones (excluding diaryl/α,β-unsaturated/α-hetero) is 2. The van der Waals surface area contributed by atoms with Crippen molar-refractivity contribution in [2.75, 3.05) is 6.61 Å². The minimum absolute atomic E-state index is 0.0817. The van der Waals surface area contributed by atoms with Gasteiger partial charge in [0.05, 0.1) is 11.1 Å². The van der Waals surface area contributed by atoms with Gasteiger partial charge in [0.15, 0.2) is 11.6 Å². The van der Waals surface area contributed by atoms with Crippen LogP contribution in [0.1, 0.15) is 70.8 Å². The van der Waals surface area contributed by atoms with Crippen molar-refractivity contribution in [3.63, 3.8) is 0 Å². The lowest BCUT2D eigenvalue weighted by atomic mass is 9.84. The Kier molecular flexibility index (Phi) is 8.28. The number of aliphatic hydroxyl groups is 1. The Balaban J connectivity index is 1.71. The summed E-state index contributed by atoms with van der Waals surface area (Å²) in [7, 11) is 0. The van der Waals surface area contributed by atoms with Gasteiger partial charge in [-0.05, 0) is 96.7 Å². The molecule has 1 aliphatic rings. The fraction of sp³-hybridized carbons (Fsp3) is 0.370. The van der Waals surface area contributed by atoms with Gasteiger partial charge in [0.2, 0.25) is 0 Å². The van der Waals surface area contributed by atoms with Gasteiger partial charge < -0.3 is 10.2 Å². The average Bonchev–Trinajstić information content (AvgIpc) is 2.79. The number of aromatic carboxylic acids is 1. The summed E-state index contributed by atoms with van der Waals surface area (Å²) in [6.07, 6.45) is 5.54. The van der Waals surface area contributed by atoms with Crippen LogP contribution in [0.25, 0.3) is 6.08 Å². The van der Waals surface area contributed by atoms with E-state index >= 15 is 0 Å². The smallest absolute Gasteiger partial charge is 0.335 e. The fourth-order valence-electron chi connectivity index (χ4n) is 4.34. The number of allylic oxidation sites excluding steroid dienone is 1. The monoisotopic (exact) mass is 452 g/mol. The molecule has 0 heterocycles. The summed E-state index contributed by atoms with van der Waals surface area (Å²) in [5.74, 6) is -1.85. The predicted molar refractivity (Wildman–Crippen MR) is 124 cm³/mol. The molecule has 1 aliphatic carbocycles. The van der Waals surface area contributed by atoms with E-state index < -0.39 is 5.97 Å². The van der Waals surface area contributed by atoms with Gasteiger partial charge in [-0.25, -0.2) is 9.18 Å². The quantitative estimate of drug-likeness (QED) is 0.387. The first-order chi connectivity index (χ1) is 15.8. The maximum atomic E-state index is 13.9. The number of carbonyl (C=O) groups excluding carboxylic acids is 2. The molecule has 0 saturated heterocycles. The van der Waals surface area contributed by atoms with Crippen LogP contribution >= 0.6 is 0 Å². The van der Waals surface area contributed by atoms with Crippen LogP contribution in [0.4, 0.5) is 4.39 Å². The second-order valence-electron chi connectivity index (χ2n) is 8.39. The van der Waals surface area contributed by atoms with E-state index in [1.54, 1.807) is 18.2 Å². The van der Waals surface area contributed by atoms with Crippen molar-refractivity contribution in [2.24, 2.45) is 0 Å². The topological polar surface area (TPSA) is 91.7 Å². The Morgan fingerprint density at radius 2 is 1.76 bits per heavy atom. The number of unbranched alkanes of at least 4 members (excludes halogenated alkanes) is 1. The van der Waals surface area contributed by atoms with Crippen LogP contribution in [0, 0.1) is 5.82 Å². The van der Waals surface area contributed by atoms with Gasteiger partial charge in [-0.1, -0.05) is 13.0 Å². The molecular formula is C27H29FO5. The molecular weight excluding hydrogens is 423 g/mol. The lowest BCUT2D eigenvalue weighted by Gasteiger charge is -2.18. The Morgan fingerprint density at radius 3 is 2.45 bits per heavy atom. The van der Waals surface area contributed by atoms with E-state index in [1.165, 1.54) is 18.2 Å². The molecule has 0 unspecified atom stereocenters. The van der Waals surface area contributed by atoms with Gasteiger partial charge in [0, 0.05) is 19.4 Å². The van der Waals surface area contributed by atoms with Crippen LogP contribution in [-0.4, -0.2) is 34.4 Å². The number of hydrogen-bond acceptors (Lipinski definition) is 4. The summed E-state index contributed by atoms with van der Waals surface area (Å²) < 4.78 is 13.9. The molecule has 0 amide bonds. The maximum Gasteiger partial charge on any atom is 0.335 e. The molecule has 2 aromatic carbocycles.